The number of hydrogen-bond donors (Lipinski definition) is 2. The molecule has 4 N–H and O–H groups in total. The van der Waals surface area contributed by atoms with E-state index in [1.54, 1.807) is 12.3 Å². The van der Waals surface area contributed by atoms with E-state index in [0.29, 0.717) is 5.75 Å². The van der Waals surface area contributed by atoms with Gasteiger partial charge < -0.3 is 15.2 Å². The van der Waals surface area contributed by atoms with E-state index in [1.807, 2.05) is 13.8 Å². The summed E-state index contributed by atoms with van der Waals surface area (Å²) in [6.07, 6.45) is 3.85. The van der Waals surface area contributed by atoms with Gasteiger partial charge in [0.05, 0.1) is 13.3 Å². The zero-order valence-electron chi connectivity index (χ0n) is 16.0. The first-order valence-corrected chi connectivity index (χ1v) is 10.7. The average Bonchev–Trinajstić information content (AvgIpc) is 3.41. The van der Waals surface area contributed by atoms with Crippen LogP contribution in [0.5, 0.6) is 11.5 Å². The number of amidine groups is 1. The average molecular weight is 394 g/mol. The second kappa shape index (κ2) is 6.79. The Hall–Kier alpha value is -2.13. The fourth-order valence-corrected chi connectivity index (χ4v) is 4.08. The lowest BCUT2D eigenvalue weighted by Crippen LogP contribution is -2.55. The van der Waals surface area contributed by atoms with Crippen LogP contribution in [-0.2, 0) is 9.84 Å². The van der Waals surface area contributed by atoms with E-state index in [0.717, 1.165) is 24.7 Å². The molecule has 1 saturated carbocycles. The van der Waals surface area contributed by atoms with Crippen LogP contribution in [0.2, 0.25) is 0 Å². The SMILES string of the molecule is COc1cc(C(C)C)c(OC2(C3CC3)C=NC(N)N=C2N)cc1S(C)(=O)=O. The zero-order chi connectivity index (χ0) is 20.0. The minimum Gasteiger partial charge on any atom is -0.495 e. The summed E-state index contributed by atoms with van der Waals surface area (Å²) in [4.78, 5) is 8.43. The molecule has 0 radical (unpaired) electrons. The normalized spacial score (nSPS) is 25.4. The van der Waals surface area contributed by atoms with Crippen molar-refractivity contribution in [3.8, 4) is 11.5 Å². The van der Waals surface area contributed by atoms with Crippen LogP contribution in [0.25, 0.3) is 0 Å². The lowest BCUT2D eigenvalue weighted by Gasteiger charge is -2.34. The minimum absolute atomic E-state index is 0.0651. The van der Waals surface area contributed by atoms with Gasteiger partial charge in [0.2, 0.25) is 5.60 Å². The van der Waals surface area contributed by atoms with Gasteiger partial charge in [-0.3, -0.25) is 10.7 Å². The summed E-state index contributed by atoms with van der Waals surface area (Å²) in [7, 11) is -2.07. The largest absolute Gasteiger partial charge is 0.495 e. The highest BCUT2D eigenvalue weighted by molar-refractivity contribution is 7.90. The quantitative estimate of drug-likeness (QED) is 0.751. The predicted molar refractivity (Wildman–Crippen MR) is 104 cm³/mol. The van der Waals surface area contributed by atoms with E-state index in [1.165, 1.54) is 13.2 Å². The molecule has 1 fully saturated rings. The molecule has 148 valence electrons. The summed E-state index contributed by atoms with van der Waals surface area (Å²) in [5, 5.41) is 0. The third kappa shape index (κ3) is 3.66. The molecule has 0 aromatic heterocycles. The molecule has 1 aliphatic carbocycles. The Balaban J connectivity index is 2.15. The van der Waals surface area contributed by atoms with Crippen LogP contribution in [0.4, 0.5) is 0 Å². The molecule has 0 amide bonds. The van der Waals surface area contributed by atoms with E-state index in [4.69, 9.17) is 20.9 Å². The molecule has 0 spiro atoms. The maximum atomic E-state index is 12.2. The van der Waals surface area contributed by atoms with Crippen LogP contribution in [-0.4, -0.2) is 45.7 Å². The highest BCUT2D eigenvalue weighted by Crippen LogP contribution is 2.45. The van der Waals surface area contributed by atoms with E-state index >= 15 is 0 Å². The topological polar surface area (TPSA) is 129 Å². The van der Waals surface area contributed by atoms with Gasteiger partial charge in [-0.05, 0) is 24.8 Å². The maximum absolute atomic E-state index is 12.2. The first-order chi connectivity index (χ1) is 12.6. The Morgan fingerprint density at radius 2 is 1.93 bits per heavy atom. The summed E-state index contributed by atoms with van der Waals surface area (Å²) in [5.74, 6) is 1.17. The Morgan fingerprint density at radius 1 is 1.26 bits per heavy atom. The first kappa shape index (κ1) is 19.6. The van der Waals surface area contributed by atoms with Gasteiger partial charge in [0, 0.05) is 23.8 Å². The van der Waals surface area contributed by atoms with E-state index in [2.05, 4.69) is 9.98 Å². The third-order valence-corrected chi connectivity index (χ3v) is 5.99. The molecule has 2 aliphatic rings. The maximum Gasteiger partial charge on any atom is 0.203 e. The van der Waals surface area contributed by atoms with E-state index in [9.17, 15) is 8.42 Å². The molecular weight excluding hydrogens is 368 g/mol. The van der Waals surface area contributed by atoms with Crippen molar-refractivity contribution in [2.45, 2.75) is 49.4 Å². The highest BCUT2D eigenvalue weighted by Gasteiger charge is 2.51. The molecule has 2 atom stereocenters. The van der Waals surface area contributed by atoms with Crippen molar-refractivity contribution in [3.05, 3.63) is 17.7 Å². The van der Waals surface area contributed by atoms with Crippen molar-refractivity contribution in [2.75, 3.05) is 13.4 Å². The number of sulfone groups is 1. The second-order valence-electron chi connectivity index (χ2n) is 7.34. The molecule has 2 unspecified atom stereocenters. The summed E-state index contributed by atoms with van der Waals surface area (Å²) < 4.78 is 36.2. The molecule has 1 aromatic rings. The molecule has 0 bridgehead atoms. The van der Waals surface area contributed by atoms with Gasteiger partial charge in [-0.15, -0.1) is 0 Å². The first-order valence-electron chi connectivity index (χ1n) is 8.83. The molecule has 1 aromatic carbocycles. The van der Waals surface area contributed by atoms with Crippen molar-refractivity contribution in [3.63, 3.8) is 0 Å². The number of nitrogens with two attached hydrogens (primary N) is 2. The van der Waals surface area contributed by atoms with Gasteiger partial charge in [-0.1, -0.05) is 13.8 Å². The van der Waals surface area contributed by atoms with Gasteiger partial charge >= 0.3 is 0 Å². The Labute approximate surface area is 159 Å². The van der Waals surface area contributed by atoms with Crippen LogP contribution in [0.1, 0.15) is 38.2 Å². The summed E-state index contributed by atoms with van der Waals surface area (Å²) in [5.41, 5.74) is 11.8. The lowest BCUT2D eigenvalue weighted by molar-refractivity contribution is 0.183. The van der Waals surface area contributed by atoms with Gasteiger partial charge in [-0.2, -0.15) is 0 Å². The number of aliphatic imine (C=N–C) groups is 2. The molecule has 1 heterocycles. The molecule has 9 heteroatoms. The Kier molecular flexibility index (Phi) is 4.94. The minimum atomic E-state index is -3.52. The Bertz CT molecular complexity index is 906. The third-order valence-electron chi connectivity index (χ3n) is 4.87. The second-order valence-corrected chi connectivity index (χ2v) is 9.33. The van der Waals surface area contributed by atoms with Crippen molar-refractivity contribution in [2.24, 2.45) is 27.4 Å². The van der Waals surface area contributed by atoms with Crippen LogP contribution in [0.15, 0.2) is 27.0 Å². The van der Waals surface area contributed by atoms with Gasteiger partial charge in [0.15, 0.2) is 16.1 Å². The number of hydrogen-bond acceptors (Lipinski definition) is 8. The highest BCUT2D eigenvalue weighted by atomic mass is 32.2. The number of benzene rings is 1. The van der Waals surface area contributed by atoms with E-state index in [-0.39, 0.29) is 28.3 Å². The van der Waals surface area contributed by atoms with Crippen molar-refractivity contribution in [1.82, 2.24) is 0 Å². The molecule has 1 aliphatic heterocycles. The smallest absolute Gasteiger partial charge is 0.203 e. The van der Waals surface area contributed by atoms with Gasteiger partial charge in [0.1, 0.15) is 22.2 Å². The summed E-state index contributed by atoms with van der Waals surface area (Å²) >= 11 is 0. The molecule has 27 heavy (non-hydrogen) atoms. The summed E-state index contributed by atoms with van der Waals surface area (Å²) in [6.45, 7) is 3.99. The molecular formula is C18H26N4O4S. The van der Waals surface area contributed by atoms with Crippen molar-refractivity contribution < 1.29 is 17.9 Å². The standard InChI is InChI=1S/C18H26N4O4S/c1-10(2)12-7-14(25-3)15(27(4,23)24)8-13(12)26-18(11-5-6-11)9-21-17(20)22-16(18)19/h7-11,17H,5-6,20H2,1-4H3,(H2,19,22). The number of nitrogens with zero attached hydrogens (tertiary/aromatic N) is 2. The number of rotatable bonds is 6. The summed E-state index contributed by atoms with van der Waals surface area (Å²) in [6, 6.07) is 3.21. The molecule has 8 nitrogen and oxygen atoms in total. The van der Waals surface area contributed by atoms with Crippen molar-refractivity contribution >= 4 is 21.9 Å². The lowest BCUT2D eigenvalue weighted by atomic mass is 9.95. The number of methoxy groups -OCH3 is 1. The molecule has 3 rings (SSSR count). The van der Waals surface area contributed by atoms with Crippen LogP contribution >= 0.6 is 0 Å². The fraction of sp³-hybridized carbons (Fsp3) is 0.556. The fourth-order valence-electron chi connectivity index (χ4n) is 3.25. The van der Waals surface area contributed by atoms with Crippen molar-refractivity contribution in [1.29, 1.82) is 0 Å². The molecule has 0 saturated heterocycles. The number of ether oxygens (including phenoxy) is 2. The van der Waals surface area contributed by atoms with Crippen LogP contribution in [0.3, 0.4) is 0 Å². The zero-order valence-corrected chi connectivity index (χ0v) is 16.8. The van der Waals surface area contributed by atoms with Gasteiger partial charge in [-0.25, -0.2) is 13.4 Å². The van der Waals surface area contributed by atoms with E-state index < -0.39 is 21.7 Å². The van der Waals surface area contributed by atoms with Gasteiger partial charge in [0.25, 0.3) is 0 Å². The van der Waals surface area contributed by atoms with Crippen LogP contribution < -0.4 is 20.9 Å². The monoisotopic (exact) mass is 394 g/mol. The van der Waals surface area contributed by atoms with Crippen LogP contribution in [0, 0.1) is 5.92 Å². The Morgan fingerprint density at radius 3 is 2.41 bits per heavy atom. The predicted octanol–water partition coefficient (Wildman–Crippen LogP) is 1.43.